The molecule has 8 heteroatoms. The van der Waals surface area contributed by atoms with Crippen LogP contribution in [-0.2, 0) is 17.8 Å². The first-order chi connectivity index (χ1) is 11.3. The molecular weight excluding hydrogens is 374 g/mol. The molecule has 2 aromatic heterocycles. The molecule has 130 valence electrons. The lowest BCUT2D eigenvalue weighted by molar-refractivity contribution is -0.121. The van der Waals surface area contributed by atoms with E-state index in [4.69, 9.17) is 0 Å². The molecule has 0 saturated carbocycles. The second kappa shape index (κ2) is 7.65. The average Bonchev–Trinajstić information content (AvgIpc) is 3.04. The van der Waals surface area contributed by atoms with Crippen LogP contribution >= 0.6 is 15.9 Å². The first-order valence-electron chi connectivity index (χ1n) is 7.74. The molecule has 2 heterocycles. The summed E-state index contributed by atoms with van der Waals surface area (Å²) in [5, 5.41) is 4.49. The molecule has 24 heavy (non-hydrogen) atoms. The maximum Gasteiger partial charge on any atom is 0.286 e. The summed E-state index contributed by atoms with van der Waals surface area (Å²) in [5.74, 6) is -0.216. The summed E-state index contributed by atoms with van der Waals surface area (Å²) >= 11 is 3.25. The highest BCUT2D eigenvalue weighted by Gasteiger charge is 2.16. The Morgan fingerprint density at radius 3 is 2.62 bits per heavy atom. The average molecular weight is 396 g/mol. The highest BCUT2D eigenvalue weighted by molar-refractivity contribution is 9.10. The molecule has 0 fully saturated rings. The van der Waals surface area contributed by atoms with E-state index in [1.807, 2.05) is 18.5 Å². The molecule has 0 aromatic carbocycles. The van der Waals surface area contributed by atoms with Gasteiger partial charge in [0.2, 0.25) is 5.91 Å². The molecule has 2 amide bonds. The van der Waals surface area contributed by atoms with Gasteiger partial charge in [-0.15, -0.1) is 0 Å². The van der Waals surface area contributed by atoms with Gasteiger partial charge in [-0.1, -0.05) is 13.8 Å². The number of aryl methyl sites for hydroxylation is 1. The lowest BCUT2D eigenvalue weighted by Crippen LogP contribution is -2.42. The Morgan fingerprint density at radius 2 is 2.04 bits per heavy atom. The first-order valence-corrected chi connectivity index (χ1v) is 8.53. The van der Waals surface area contributed by atoms with Crippen molar-refractivity contribution in [3.63, 3.8) is 0 Å². The number of amides is 2. The van der Waals surface area contributed by atoms with Gasteiger partial charge in [0.05, 0.1) is 12.1 Å². The Bertz CT molecular complexity index is 748. The van der Waals surface area contributed by atoms with E-state index in [-0.39, 0.29) is 12.3 Å². The molecule has 3 N–H and O–H groups in total. The predicted molar refractivity (Wildman–Crippen MR) is 94.3 cm³/mol. The van der Waals surface area contributed by atoms with E-state index in [1.54, 1.807) is 12.3 Å². The van der Waals surface area contributed by atoms with E-state index in [2.05, 4.69) is 50.7 Å². The predicted octanol–water partition coefficient (Wildman–Crippen LogP) is 2.25. The highest BCUT2D eigenvalue weighted by atomic mass is 79.9. The van der Waals surface area contributed by atoms with Crippen molar-refractivity contribution in [2.75, 3.05) is 0 Å². The van der Waals surface area contributed by atoms with Crippen LogP contribution in [0.15, 0.2) is 16.7 Å². The van der Waals surface area contributed by atoms with Crippen molar-refractivity contribution in [2.45, 2.75) is 40.7 Å². The largest absolute Gasteiger partial charge is 0.356 e. The van der Waals surface area contributed by atoms with E-state index in [0.717, 1.165) is 28.0 Å². The van der Waals surface area contributed by atoms with Crippen LogP contribution in [-0.4, -0.2) is 26.6 Å². The van der Waals surface area contributed by atoms with Gasteiger partial charge in [0, 0.05) is 28.5 Å². The minimum atomic E-state index is -0.405. The number of hydrazine groups is 1. The minimum absolute atomic E-state index is 0.171. The van der Waals surface area contributed by atoms with Crippen LogP contribution in [0.5, 0.6) is 0 Å². The van der Waals surface area contributed by atoms with E-state index in [9.17, 15) is 9.59 Å². The van der Waals surface area contributed by atoms with E-state index in [1.165, 1.54) is 0 Å². The molecule has 0 spiro atoms. The fourth-order valence-corrected chi connectivity index (χ4v) is 2.75. The van der Waals surface area contributed by atoms with Crippen LogP contribution in [0.2, 0.25) is 0 Å². The highest BCUT2D eigenvalue weighted by Crippen LogP contribution is 2.15. The fraction of sp³-hybridized carbons (Fsp3) is 0.438. The van der Waals surface area contributed by atoms with Crippen molar-refractivity contribution in [3.8, 4) is 0 Å². The number of hydrogen-bond acceptors (Lipinski definition) is 3. The third-order valence-electron chi connectivity index (χ3n) is 3.61. The number of carbonyl (C=O) groups excluding carboxylic acids is 2. The van der Waals surface area contributed by atoms with Crippen LogP contribution < -0.4 is 10.9 Å². The van der Waals surface area contributed by atoms with Gasteiger partial charge in [-0.05, 0) is 41.8 Å². The van der Waals surface area contributed by atoms with Gasteiger partial charge in [-0.25, -0.2) is 0 Å². The van der Waals surface area contributed by atoms with Gasteiger partial charge in [0.15, 0.2) is 0 Å². The van der Waals surface area contributed by atoms with Crippen molar-refractivity contribution in [1.29, 1.82) is 0 Å². The van der Waals surface area contributed by atoms with Gasteiger partial charge in [-0.2, -0.15) is 5.10 Å². The number of nitrogens with zero attached hydrogens (tertiary/aromatic N) is 2. The summed E-state index contributed by atoms with van der Waals surface area (Å²) < 4.78 is 2.69. The maximum atomic E-state index is 12.1. The lowest BCUT2D eigenvalue weighted by atomic mass is 10.1. The van der Waals surface area contributed by atoms with Crippen molar-refractivity contribution in [1.82, 2.24) is 25.6 Å². The molecular formula is C16H22BrN5O2. The second-order valence-corrected chi connectivity index (χ2v) is 7.05. The van der Waals surface area contributed by atoms with Crippen molar-refractivity contribution >= 4 is 27.7 Å². The Kier molecular flexibility index (Phi) is 5.82. The van der Waals surface area contributed by atoms with Crippen LogP contribution in [0.25, 0.3) is 0 Å². The third-order valence-corrected chi connectivity index (χ3v) is 4.07. The smallest absolute Gasteiger partial charge is 0.286 e. The summed E-state index contributed by atoms with van der Waals surface area (Å²) in [4.78, 5) is 26.8. The zero-order valence-corrected chi connectivity index (χ0v) is 15.8. The minimum Gasteiger partial charge on any atom is -0.356 e. The first kappa shape index (κ1) is 18.3. The third kappa shape index (κ3) is 4.47. The van der Waals surface area contributed by atoms with Crippen molar-refractivity contribution in [3.05, 3.63) is 39.4 Å². The van der Waals surface area contributed by atoms with Crippen molar-refractivity contribution < 1.29 is 9.59 Å². The van der Waals surface area contributed by atoms with Gasteiger partial charge in [0.25, 0.3) is 5.91 Å². The quantitative estimate of drug-likeness (QED) is 0.677. The monoisotopic (exact) mass is 395 g/mol. The Hall–Kier alpha value is -2.09. The van der Waals surface area contributed by atoms with E-state index < -0.39 is 5.91 Å². The number of H-pyrrole nitrogens is 1. The SMILES string of the molecule is Cc1nn(CC(C)C)c(C)c1CC(=O)NNC(=O)c1cc(Br)c[nH]1. The van der Waals surface area contributed by atoms with Crippen LogP contribution in [0.4, 0.5) is 0 Å². The standard InChI is InChI=1S/C16H22BrN5O2/c1-9(2)8-22-11(4)13(10(3)21-22)6-15(23)19-20-16(24)14-5-12(17)7-18-14/h5,7,9,18H,6,8H2,1-4H3,(H,19,23)(H,20,24). The summed E-state index contributed by atoms with van der Waals surface area (Å²) in [6.07, 6.45) is 1.82. The number of rotatable bonds is 5. The Balaban J connectivity index is 1.95. The van der Waals surface area contributed by atoms with Crippen LogP contribution in [0.1, 0.15) is 41.3 Å². The number of aromatic nitrogens is 3. The normalized spacial score (nSPS) is 10.9. The Labute approximate surface area is 149 Å². The maximum absolute atomic E-state index is 12.1. The van der Waals surface area contributed by atoms with Gasteiger partial charge >= 0.3 is 0 Å². The van der Waals surface area contributed by atoms with Crippen LogP contribution in [0, 0.1) is 19.8 Å². The fourth-order valence-electron chi connectivity index (χ4n) is 2.41. The molecule has 0 atom stereocenters. The number of hydrogen-bond donors (Lipinski definition) is 3. The number of halogens is 1. The van der Waals surface area contributed by atoms with Gasteiger partial charge < -0.3 is 4.98 Å². The molecule has 0 aliphatic rings. The number of nitrogens with one attached hydrogen (secondary N) is 3. The van der Waals surface area contributed by atoms with Crippen molar-refractivity contribution in [2.24, 2.45) is 5.92 Å². The molecule has 0 unspecified atom stereocenters. The second-order valence-electron chi connectivity index (χ2n) is 6.14. The van der Waals surface area contributed by atoms with E-state index in [0.29, 0.717) is 11.6 Å². The molecule has 2 rings (SSSR count). The van der Waals surface area contributed by atoms with Crippen LogP contribution in [0.3, 0.4) is 0 Å². The molecule has 0 aliphatic carbocycles. The number of carbonyl (C=O) groups is 2. The summed E-state index contributed by atoms with van der Waals surface area (Å²) in [5.41, 5.74) is 7.90. The molecule has 0 bridgehead atoms. The molecule has 0 radical (unpaired) electrons. The summed E-state index contributed by atoms with van der Waals surface area (Å²) in [6, 6.07) is 1.63. The topological polar surface area (TPSA) is 91.8 Å². The zero-order chi connectivity index (χ0) is 17.9. The lowest BCUT2D eigenvalue weighted by Gasteiger charge is -2.09. The molecule has 2 aromatic rings. The number of aromatic amines is 1. The molecule has 0 saturated heterocycles. The summed E-state index contributed by atoms with van der Waals surface area (Å²) in [7, 11) is 0. The van der Waals surface area contributed by atoms with Gasteiger partial charge in [-0.3, -0.25) is 25.1 Å². The zero-order valence-electron chi connectivity index (χ0n) is 14.2. The molecule has 7 nitrogen and oxygen atoms in total. The Morgan fingerprint density at radius 1 is 1.33 bits per heavy atom. The van der Waals surface area contributed by atoms with E-state index >= 15 is 0 Å². The van der Waals surface area contributed by atoms with Gasteiger partial charge in [0.1, 0.15) is 5.69 Å². The summed E-state index contributed by atoms with van der Waals surface area (Å²) in [6.45, 7) is 8.91. The molecule has 0 aliphatic heterocycles.